The van der Waals surface area contributed by atoms with Crippen molar-refractivity contribution >= 4 is 17.7 Å². The number of hydrogen-bond donors (Lipinski definition) is 0. The number of hydrogen-bond acceptors (Lipinski definition) is 4. The van der Waals surface area contributed by atoms with Crippen LogP contribution in [0.5, 0.6) is 0 Å². The molecule has 0 radical (unpaired) electrons. The van der Waals surface area contributed by atoms with Gasteiger partial charge in [-0.25, -0.2) is 0 Å². The van der Waals surface area contributed by atoms with Gasteiger partial charge in [0, 0.05) is 32.2 Å². The third kappa shape index (κ3) is 3.93. The second-order valence-electron chi connectivity index (χ2n) is 7.70. The smallest absolute Gasteiger partial charge is 0.262 e. The van der Waals surface area contributed by atoms with E-state index >= 15 is 0 Å². The lowest BCUT2D eigenvalue weighted by molar-refractivity contribution is -0.133. The van der Waals surface area contributed by atoms with Crippen LogP contribution in [0.4, 0.5) is 0 Å². The second kappa shape index (κ2) is 8.17. The van der Waals surface area contributed by atoms with Gasteiger partial charge in [0.1, 0.15) is 6.54 Å². The Morgan fingerprint density at radius 1 is 0.862 bits per heavy atom. The van der Waals surface area contributed by atoms with E-state index < -0.39 is 0 Å². The molecule has 2 heterocycles. The number of imide groups is 1. The summed E-state index contributed by atoms with van der Waals surface area (Å²) in [5, 5.41) is 0. The van der Waals surface area contributed by atoms with Gasteiger partial charge >= 0.3 is 0 Å². The van der Waals surface area contributed by atoms with E-state index in [0.29, 0.717) is 30.3 Å². The Bertz CT molecular complexity index is 885. The standard InChI is InChI=1S/C23H25N3O3/c1-17(15-18-7-3-2-4-8-18)24-11-13-25(14-12-24)21(27)16-26-22(28)19-9-5-6-10-20(19)23(26)29/h2-10,17H,11-16H2,1H3. The molecule has 6 nitrogen and oxygen atoms in total. The Labute approximate surface area is 170 Å². The van der Waals surface area contributed by atoms with Crippen LogP contribution in [0.1, 0.15) is 33.2 Å². The molecule has 4 rings (SSSR count). The van der Waals surface area contributed by atoms with Crippen molar-refractivity contribution in [3.05, 3.63) is 71.3 Å². The van der Waals surface area contributed by atoms with Crippen molar-refractivity contribution in [2.75, 3.05) is 32.7 Å². The third-order valence-corrected chi connectivity index (χ3v) is 5.84. The van der Waals surface area contributed by atoms with Crippen molar-refractivity contribution in [3.63, 3.8) is 0 Å². The first kappa shape index (κ1) is 19.3. The number of nitrogens with zero attached hydrogens (tertiary/aromatic N) is 3. The minimum atomic E-state index is -0.380. The summed E-state index contributed by atoms with van der Waals surface area (Å²) in [6.07, 6.45) is 0.976. The van der Waals surface area contributed by atoms with Crippen LogP contribution in [-0.4, -0.2) is 71.2 Å². The summed E-state index contributed by atoms with van der Waals surface area (Å²) >= 11 is 0. The fourth-order valence-electron chi connectivity index (χ4n) is 4.11. The Balaban J connectivity index is 1.31. The first-order valence-corrected chi connectivity index (χ1v) is 10.1. The highest BCUT2D eigenvalue weighted by Gasteiger charge is 2.37. The van der Waals surface area contributed by atoms with Gasteiger partial charge in [0.05, 0.1) is 11.1 Å². The van der Waals surface area contributed by atoms with Crippen LogP contribution >= 0.6 is 0 Å². The fraction of sp³-hybridized carbons (Fsp3) is 0.348. The molecule has 2 aromatic rings. The summed E-state index contributed by atoms with van der Waals surface area (Å²) < 4.78 is 0. The molecular weight excluding hydrogens is 366 g/mol. The topological polar surface area (TPSA) is 60.9 Å². The van der Waals surface area contributed by atoms with E-state index in [4.69, 9.17) is 0 Å². The lowest BCUT2D eigenvalue weighted by atomic mass is 10.1. The number of amides is 3. The minimum absolute atomic E-state index is 0.171. The fourth-order valence-corrected chi connectivity index (χ4v) is 4.11. The van der Waals surface area contributed by atoms with Crippen LogP contribution in [0.3, 0.4) is 0 Å². The van der Waals surface area contributed by atoms with Gasteiger partial charge in [-0.2, -0.15) is 0 Å². The molecule has 150 valence electrons. The van der Waals surface area contributed by atoms with Crippen molar-refractivity contribution in [1.29, 1.82) is 0 Å². The first-order chi connectivity index (χ1) is 14.0. The van der Waals surface area contributed by atoms with Gasteiger partial charge in [-0.3, -0.25) is 24.2 Å². The van der Waals surface area contributed by atoms with Gasteiger partial charge in [-0.15, -0.1) is 0 Å². The third-order valence-electron chi connectivity index (χ3n) is 5.84. The summed E-state index contributed by atoms with van der Waals surface area (Å²) in [5.74, 6) is -0.932. The summed E-state index contributed by atoms with van der Waals surface area (Å²) in [7, 11) is 0. The monoisotopic (exact) mass is 391 g/mol. The molecule has 1 saturated heterocycles. The average molecular weight is 391 g/mol. The maximum atomic E-state index is 12.7. The van der Waals surface area contributed by atoms with Gasteiger partial charge in [0.25, 0.3) is 11.8 Å². The SMILES string of the molecule is CC(Cc1ccccc1)N1CCN(C(=O)CN2C(=O)c3ccccc3C2=O)CC1. The van der Waals surface area contributed by atoms with E-state index in [1.54, 1.807) is 29.2 Å². The molecule has 0 aromatic heterocycles. The molecule has 2 aliphatic heterocycles. The van der Waals surface area contributed by atoms with Crippen molar-refractivity contribution in [2.45, 2.75) is 19.4 Å². The maximum absolute atomic E-state index is 12.7. The zero-order chi connectivity index (χ0) is 20.4. The quantitative estimate of drug-likeness (QED) is 0.732. The van der Waals surface area contributed by atoms with Crippen molar-refractivity contribution in [2.24, 2.45) is 0 Å². The van der Waals surface area contributed by atoms with Crippen LogP contribution in [-0.2, 0) is 11.2 Å². The largest absolute Gasteiger partial charge is 0.339 e. The highest BCUT2D eigenvalue weighted by atomic mass is 16.2. The van der Waals surface area contributed by atoms with Crippen LogP contribution in [0.25, 0.3) is 0 Å². The summed E-state index contributed by atoms with van der Waals surface area (Å²) in [6, 6.07) is 17.5. The molecule has 6 heteroatoms. The normalized spacial score (nSPS) is 18.1. The molecule has 2 aliphatic rings. The van der Waals surface area contributed by atoms with E-state index in [1.165, 1.54) is 5.56 Å². The molecule has 2 aromatic carbocycles. The molecule has 0 aliphatic carbocycles. The van der Waals surface area contributed by atoms with E-state index in [-0.39, 0.29) is 24.3 Å². The molecule has 1 unspecified atom stereocenters. The lowest BCUT2D eigenvalue weighted by Gasteiger charge is -2.38. The molecule has 1 fully saturated rings. The Morgan fingerprint density at radius 2 is 1.41 bits per heavy atom. The van der Waals surface area contributed by atoms with Crippen molar-refractivity contribution in [3.8, 4) is 0 Å². The molecule has 0 bridgehead atoms. The highest BCUT2D eigenvalue weighted by molar-refractivity contribution is 6.22. The molecule has 0 saturated carbocycles. The first-order valence-electron chi connectivity index (χ1n) is 10.1. The number of fused-ring (bicyclic) bond motifs is 1. The summed E-state index contributed by atoms with van der Waals surface area (Å²) in [4.78, 5) is 42.9. The molecule has 0 N–H and O–H groups in total. The Kier molecular flexibility index (Phi) is 5.45. The molecular formula is C23H25N3O3. The van der Waals surface area contributed by atoms with Crippen molar-refractivity contribution in [1.82, 2.24) is 14.7 Å². The molecule has 0 spiro atoms. The Hall–Kier alpha value is -2.99. The van der Waals surface area contributed by atoms with Crippen LogP contribution in [0, 0.1) is 0 Å². The second-order valence-corrected chi connectivity index (χ2v) is 7.70. The van der Waals surface area contributed by atoms with E-state index in [1.807, 2.05) is 6.07 Å². The van der Waals surface area contributed by atoms with Gasteiger partial charge in [-0.1, -0.05) is 42.5 Å². The molecule has 3 amide bonds. The number of carbonyl (C=O) groups is 3. The zero-order valence-corrected chi connectivity index (χ0v) is 16.6. The van der Waals surface area contributed by atoms with Gasteiger partial charge in [-0.05, 0) is 31.0 Å². The van der Waals surface area contributed by atoms with E-state index in [9.17, 15) is 14.4 Å². The van der Waals surface area contributed by atoms with Gasteiger partial charge < -0.3 is 4.90 Å². The van der Waals surface area contributed by atoms with Gasteiger partial charge in [0.15, 0.2) is 0 Å². The lowest BCUT2D eigenvalue weighted by Crippen LogP contribution is -2.54. The highest BCUT2D eigenvalue weighted by Crippen LogP contribution is 2.22. The number of rotatable bonds is 5. The van der Waals surface area contributed by atoms with E-state index in [2.05, 4.69) is 36.1 Å². The maximum Gasteiger partial charge on any atom is 0.262 e. The molecule has 29 heavy (non-hydrogen) atoms. The average Bonchev–Trinajstić information content (AvgIpc) is 2.99. The van der Waals surface area contributed by atoms with Crippen molar-refractivity contribution < 1.29 is 14.4 Å². The predicted octanol–water partition coefficient (Wildman–Crippen LogP) is 2.06. The number of benzene rings is 2. The number of piperazine rings is 1. The Morgan fingerprint density at radius 3 is 2.00 bits per heavy atom. The van der Waals surface area contributed by atoms with Crippen LogP contribution in [0.2, 0.25) is 0 Å². The molecule has 1 atom stereocenters. The predicted molar refractivity (Wildman–Crippen MR) is 110 cm³/mol. The minimum Gasteiger partial charge on any atom is -0.339 e. The number of carbonyl (C=O) groups excluding carboxylic acids is 3. The summed E-state index contributed by atoms with van der Waals surface area (Å²) in [6.45, 7) is 4.83. The van der Waals surface area contributed by atoms with Crippen LogP contribution < -0.4 is 0 Å². The zero-order valence-electron chi connectivity index (χ0n) is 16.6. The van der Waals surface area contributed by atoms with E-state index in [0.717, 1.165) is 24.4 Å². The van der Waals surface area contributed by atoms with Crippen LogP contribution in [0.15, 0.2) is 54.6 Å². The summed E-state index contributed by atoms with van der Waals surface area (Å²) in [5.41, 5.74) is 2.07. The van der Waals surface area contributed by atoms with Gasteiger partial charge in [0.2, 0.25) is 5.91 Å².